The van der Waals surface area contributed by atoms with E-state index in [2.05, 4.69) is 52.5 Å². The van der Waals surface area contributed by atoms with Crippen molar-refractivity contribution in [1.82, 2.24) is 0 Å². The molecule has 0 saturated carbocycles. The second-order valence-corrected chi connectivity index (χ2v) is 5.22. The summed E-state index contributed by atoms with van der Waals surface area (Å²) in [7, 11) is 0. The van der Waals surface area contributed by atoms with Gasteiger partial charge in [-0.25, -0.2) is 0 Å². The normalized spacial score (nSPS) is 11.5. The van der Waals surface area contributed by atoms with Crippen molar-refractivity contribution < 1.29 is 0 Å². The van der Waals surface area contributed by atoms with E-state index in [9.17, 15) is 0 Å². The van der Waals surface area contributed by atoms with Crippen LogP contribution in [0.3, 0.4) is 0 Å². The van der Waals surface area contributed by atoms with Gasteiger partial charge in [-0.2, -0.15) is 0 Å². The third-order valence-electron chi connectivity index (χ3n) is 2.83. The number of allylic oxidation sites excluding steroid dienone is 1. The second kappa shape index (κ2) is 4.65. The van der Waals surface area contributed by atoms with Crippen molar-refractivity contribution in [2.24, 2.45) is 0 Å². The van der Waals surface area contributed by atoms with Gasteiger partial charge >= 0.3 is 0 Å². The van der Waals surface area contributed by atoms with Gasteiger partial charge in [-0.1, -0.05) is 45.0 Å². The van der Waals surface area contributed by atoms with Gasteiger partial charge < -0.3 is 0 Å². The molecular formula is C15H22. The highest BCUT2D eigenvalue weighted by molar-refractivity contribution is 5.34. The predicted molar refractivity (Wildman–Crippen MR) is 68.4 cm³/mol. The molecule has 0 spiro atoms. The standard InChI is InChI=1S/C15H22/c1-6-7-8-13-11-14(15(3,4)5)10-9-12(13)2/h6,9-11H,1,7-8H2,2-5H3. The van der Waals surface area contributed by atoms with Gasteiger partial charge in [0.1, 0.15) is 0 Å². The largest absolute Gasteiger partial charge is 0.103 e. The molecule has 0 radical (unpaired) electrons. The fraction of sp³-hybridized carbons (Fsp3) is 0.467. The topological polar surface area (TPSA) is 0 Å². The zero-order valence-electron chi connectivity index (χ0n) is 10.4. The van der Waals surface area contributed by atoms with Crippen LogP contribution in [0.4, 0.5) is 0 Å². The lowest BCUT2D eigenvalue weighted by Crippen LogP contribution is -2.11. The van der Waals surface area contributed by atoms with E-state index >= 15 is 0 Å². The molecule has 0 amide bonds. The van der Waals surface area contributed by atoms with E-state index in [4.69, 9.17) is 0 Å². The summed E-state index contributed by atoms with van der Waals surface area (Å²) >= 11 is 0. The molecule has 0 N–H and O–H groups in total. The van der Waals surface area contributed by atoms with Gasteiger partial charge in [-0.3, -0.25) is 0 Å². The van der Waals surface area contributed by atoms with Crippen LogP contribution in [0.1, 0.15) is 43.9 Å². The van der Waals surface area contributed by atoms with Crippen molar-refractivity contribution >= 4 is 0 Å². The van der Waals surface area contributed by atoms with E-state index in [1.807, 2.05) is 6.08 Å². The van der Waals surface area contributed by atoms with Gasteiger partial charge in [0.25, 0.3) is 0 Å². The number of hydrogen-bond acceptors (Lipinski definition) is 0. The van der Waals surface area contributed by atoms with Crippen molar-refractivity contribution in [2.75, 3.05) is 0 Å². The Balaban J connectivity index is 3.00. The monoisotopic (exact) mass is 202 g/mol. The molecular weight excluding hydrogens is 180 g/mol. The first-order valence-corrected chi connectivity index (χ1v) is 5.66. The average molecular weight is 202 g/mol. The van der Waals surface area contributed by atoms with Crippen LogP contribution < -0.4 is 0 Å². The summed E-state index contributed by atoms with van der Waals surface area (Å²) in [6, 6.07) is 6.82. The van der Waals surface area contributed by atoms with Gasteiger partial charge in [0.15, 0.2) is 0 Å². The first kappa shape index (κ1) is 12.0. The van der Waals surface area contributed by atoms with Crippen LogP contribution >= 0.6 is 0 Å². The Bertz CT molecular complexity index is 340. The molecule has 0 aliphatic rings. The quantitative estimate of drug-likeness (QED) is 0.637. The smallest absolute Gasteiger partial charge is 0.0132 e. The van der Waals surface area contributed by atoms with Crippen molar-refractivity contribution in [1.29, 1.82) is 0 Å². The molecule has 1 aromatic rings. The van der Waals surface area contributed by atoms with E-state index in [0.29, 0.717) is 0 Å². The lowest BCUT2D eigenvalue weighted by atomic mass is 9.85. The predicted octanol–water partition coefficient (Wildman–Crippen LogP) is 4.41. The highest BCUT2D eigenvalue weighted by Crippen LogP contribution is 2.25. The molecule has 15 heavy (non-hydrogen) atoms. The highest BCUT2D eigenvalue weighted by atomic mass is 14.2. The van der Waals surface area contributed by atoms with Crippen molar-refractivity contribution in [3.63, 3.8) is 0 Å². The Hall–Kier alpha value is -1.04. The van der Waals surface area contributed by atoms with Crippen LogP contribution in [0.15, 0.2) is 30.9 Å². The summed E-state index contributed by atoms with van der Waals surface area (Å²) in [4.78, 5) is 0. The third kappa shape index (κ3) is 3.23. The summed E-state index contributed by atoms with van der Waals surface area (Å²) in [6.07, 6.45) is 4.16. The van der Waals surface area contributed by atoms with Gasteiger partial charge in [0.05, 0.1) is 0 Å². The molecule has 0 atom stereocenters. The molecule has 1 rings (SSSR count). The fourth-order valence-corrected chi connectivity index (χ4v) is 1.66. The van der Waals surface area contributed by atoms with Crippen LogP contribution in [0.5, 0.6) is 0 Å². The first-order valence-electron chi connectivity index (χ1n) is 5.66. The minimum atomic E-state index is 0.247. The number of hydrogen-bond donors (Lipinski definition) is 0. The molecule has 0 aliphatic carbocycles. The molecule has 0 unspecified atom stereocenters. The van der Waals surface area contributed by atoms with Crippen LogP contribution in [-0.4, -0.2) is 0 Å². The van der Waals surface area contributed by atoms with E-state index in [0.717, 1.165) is 12.8 Å². The molecule has 0 saturated heterocycles. The first-order chi connectivity index (χ1) is 6.95. The molecule has 0 nitrogen and oxygen atoms in total. The van der Waals surface area contributed by atoms with Crippen LogP contribution in [0.2, 0.25) is 0 Å². The van der Waals surface area contributed by atoms with Crippen molar-refractivity contribution in [3.8, 4) is 0 Å². The SMILES string of the molecule is C=CCCc1cc(C(C)(C)C)ccc1C. The Morgan fingerprint density at radius 3 is 2.47 bits per heavy atom. The maximum atomic E-state index is 3.78. The van der Waals surface area contributed by atoms with E-state index < -0.39 is 0 Å². The molecule has 0 aromatic heterocycles. The summed E-state index contributed by atoms with van der Waals surface area (Å²) in [6.45, 7) is 12.7. The highest BCUT2D eigenvalue weighted by Gasteiger charge is 2.14. The summed E-state index contributed by atoms with van der Waals surface area (Å²) in [5.74, 6) is 0. The maximum Gasteiger partial charge on any atom is -0.0132 e. The molecule has 0 fully saturated rings. The molecule has 0 aliphatic heterocycles. The van der Waals surface area contributed by atoms with Crippen molar-refractivity contribution in [2.45, 2.75) is 46.0 Å². The lowest BCUT2D eigenvalue weighted by molar-refractivity contribution is 0.589. The van der Waals surface area contributed by atoms with Gasteiger partial charge in [-0.15, -0.1) is 6.58 Å². The summed E-state index contributed by atoms with van der Waals surface area (Å²) < 4.78 is 0. The second-order valence-electron chi connectivity index (χ2n) is 5.22. The Morgan fingerprint density at radius 1 is 1.27 bits per heavy atom. The summed E-state index contributed by atoms with van der Waals surface area (Å²) in [5.41, 5.74) is 4.52. The minimum Gasteiger partial charge on any atom is -0.103 e. The van der Waals surface area contributed by atoms with Gasteiger partial charge in [-0.05, 0) is 41.9 Å². The van der Waals surface area contributed by atoms with E-state index in [1.165, 1.54) is 16.7 Å². The maximum absolute atomic E-state index is 3.78. The van der Waals surface area contributed by atoms with Gasteiger partial charge in [0, 0.05) is 0 Å². The molecule has 0 heteroatoms. The van der Waals surface area contributed by atoms with E-state index in [-0.39, 0.29) is 5.41 Å². The zero-order chi connectivity index (χ0) is 11.5. The number of rotatable bonds is 3. The van der Waals surface area contributed by atoms with Crippen LogP contribution in [0.25, 0.3) is 0 Å². The number of aryl methyl sites for hydroxylation is 2. The van der Waals surface area contributed by atoms with Crippen molar-refractivity contribution in [3.05, 3.63) is 47.5 Å². The zero-order valence-corrected chi connectivity index (χ0v) is 10.4. The van der Waals surface area contributed by atoms with Gasteiger partial charge in [0.2, 0.25) is 0 Å². The average Bonchev–Trinajstić information content (AvgIpc) is 2.15. The molecule has 0 heterocycles. The lowest BCUT2D eigenvalue weighted by Gasteiger charge is -2.20. The molecule has 1 aromatic carbocycles. The third-order valence-corrected chi connectivity index (χ3v) is 2.83. The molecule has 0 bridgehead atoms. The Kier molecular flexibility index (Phi) is 3.73. The Morgan fingerprint density at radius 2 is 1.93 bits per heavy atom. The van der Waals surface area contributed by atoms with E-state index in [1.54, 1.807) is 0 Å². The number of benzene rings is 1. The minimum absolute atomic E-state index is 0.247. The Labute approximate surface area is 94.0 Å². The molecule has 82 valence electrons. The van der Waals surface area contributed by atoms with Crippen LogP contribution in [-0.2, 0) is 11.8 Å². The fourth-order valence-electron chi connectivity index (χ4n) is 1.66. The van der Waals surface area contributed by atoms with Crippen LogP contribution in [0, 0.1) is 6.92 Å². The summed E-state index contributed by atoms with van der Waals surface area (Å²) in [5, 5.41) is 0.